The molecule has 2 amide bonds. The van der Waals surface area contributed by atoms with Gasteiger partial charge in [0, 0.05) is 18.8 Å². The number of benzene rings is 1. The Morgan fingerprint density at radius 3 is 2.41 bits per heavy atom. The summed E-state index contributed by atoms with van der Waals surface area (Å²) in [5.74, 6) is -0.0195. The molecule has 0 bridgehead atoms. The molecule has 2 atom stereocenters. The quantitative estimate of drug-likeness (QED) is 0.632. The van der Waals surface area contributed by atoms with Crippen LogP contribution in [0, 0.1) is 11.8 Å². The molecule has 2 rings (SSSR count). The number of likely N-dealkylation sites (tertiary alicyclic amines) is 1. The number of anilines is 1. The summed E-state index contributed by atoms with van der Waals surface area (Å²) in [6.45, 7) is 6.58. The van der Waals surface area contributed by atoms with Crippen molar-refractivity contribution in [3.63, 3.8) is 0 Å². The molecule has 1 aromatic rings. The zero-order valence-electron chi connectivity index (χ0n) is 16.0. The fourth-order valence-electron chi connectivity index (χ4n) is 3.23. The van der Waals surface area contributed by atoms with Crippen molar-refractivity contribution in [2.45, 2.75) is 45.7 Å². The summed E-state index contributed by atoms with van der Waals surface area (Å²) >= 11 is 0. The maximum absolute atomic E-state index is 12.1. The molecule has 0 saturated carbocycles. The van der Waals surface area contributed by atoms with Gasteiger partial charge in [0.05, 0.1) is 12.0 Å². The van der Waals surface area contributed by atoms with Crippen molar-refractivity contribution < 1.29 is 9.59 Å². The Morgan fingerprint density at radius 1 is 1.22 bits per heavy atom. The second kappa shape index (κ2) is 12.2. The lowest BCUT2D eigenvalue weighted by Crippen LogP contribution is -2.40. The Morgan fingerprint density at radius 2 is 1.85 bits per heavy atom. The summed E-state index contributed by atoms with van der Waals surface area (Å²) in [5.41, 5.74) is 13.2. The number of hydrogen-bond acceptors (Lipinski definition) is 4. The molecule has 0 spiro atoms. The van der Waals surface area contributed by atoms with E-state index < -0.39 is 6.04 Å². The smallest absolute Gasteiger partial charge is 0.241 e. The Bertz CT molecular complexity index is 596. The molecular formula is C19H32Cl2N4O2. The van der Waals surface area contributed by atoms with Crippen LogP contribution in [0.15, 0.2) is 24.3 Å². The molecule has 1 unspecified atom stereocenters. The van der Waals surface area contributed by atoms with E-state index in [1.54, 1.807) is 0 Å². The van der Waals surface area contributed by atoms with Crippen LogP contribution in [0.4, 0.5) is 5.69 Å². The highest BCUT2D eigenvalue weighted by Gasteiger charge is 2.23. The summed E-state index contributed by atoms with van der Waals surface area (Å²) in [6, 6.07) is 7.30. The minimum Gasteiger partial charge on any atom is -0.369 e. The third-order valence-corrected chi connectivity index (χ3v) is 4.60. The largest absolute Gasteiger partial charge is 0.369 e. The number of carbonyl (C=O) groups excluding carboxylic acids is 2. The van der Waals surface area contributed by atoms with Crippen molar-refractivity contribution in [2.24, 2.45) is 23.3 Å². The number of primary amides is 1. The van der Waals surface area contributed by atoms with Gasteiger partial charge in [-0.2, -0.15) is 0 Å². The van der Waals surface area contributed by atoms with E-state index in [0.717, 1.165) is 43.7 Å². The molecular weight excluding hydrogens is 387 g/mol. The molecule has 1 aromatic carbocycles. The first kappa shape index (κ1) is 25.7. The van der Waals surface area contributed by atoms with Crippen LogP contribution in [0.2, 0.25) is 0 Å². The Hall–Kier alpha value is -1.34. The number of nitrogens with zero attached hydrogens (tertiary/aromatic N) is 1. The van der Waals surface area contributed by atoms with E-state index in [1.807, 2.05) is 38.1 Å². The summed E-state index contributed by atoms with van der Waals surface area (Å²) in [5, 5.41) is 2.86. The second-order valence-electron chi connectivity index (χ2n) is 7.40. The zero-order valence-corrected chi connectivity index (χ0v) is 17.7. The molecule has 1 heterocycles. The molecule has 154 valence electrons. The van der Waals surface area contributed by atoms with E-state index in [-0.39, 0.29) is 42.5 Å². The van der Waals surface area contributed by atoms with Gasteiger partial charge in [-0.05, 0) is 49.4 Å². The molecule has 6 nitrogen and oxygen atoms in total. The van der Waals surface area contributed by atoms with E-state index in [4.69, 9.17) is 11.5 Å². The van der Waals surface area contributed by atoms with E-state index >= 15 is 0 Å². The first-order valence-corrected chi connectivity index (χ1v) is 9.02. The molecule has 0 radical (unpaired) electrons. The summed E-state index contributed by atoms with van der Waals surface area (Å²) in [7, 11) is 0. The predicted octanol–water partition coefficient (Wildman–Crippen LogP) is 2.54. The van der Waals surface area contributed by atoms with Crippen LogP contribution in [0.1, 0.15) is 38.7 Å². The van der Waals surface area contributed by atoms with Crippen molar-refractivity contribution in [3.8, 4) is 0 Å². The van der Waals surface area contributed by atoms with Crippen LogP contribution in [-0.4, -0.2) is 35.8 Å². The van der Waals surface area contributed by atoms with Crippen LogP contribution < -0.4 is 16.8 Å². The molecule has 1 aliphatic rings. The van der Waals surface area contributed by atoms with Crippen LogP contribution in [0.25, 0.3) is 0 Å². The SMILES string of the molecule is CC(C)C[C@H](N)C(=O)Nc1ccc(CN2CCCC(C(N)=O)C2)cc1.Cl.Cl. The van der Waals surface area contributed by atoms with E-state index in [1.165, 1.54) is 0 Å². The van der Waals surface area contributed by atoms with Gasteiger partial charge < -0.3 is 16.8 Å². The first-order chi connectivity index (χ1) is 11.8. The van der Waals surface area contributed by atoms with Gasteiger partial charge in [-0.15, -0.1) is 24.8 Å². The van der Waals surface area contributed by atoms with Crippen LogP contribution in [0.3, 0.4) is 0 Å². The Balaban J connectivity index is 0.00000338. The molecule has 0 aliphatic carbocycles. The van der Waals surface area contributed by atoms with Gasteiger partial charge in [0.1, 0.15) is 0 Å². The predicted molar refractivity (Wildman–Crippen MR) is 114 cm³/mol. The highest BCUT2D eigenvalue weighted by Crippen LogP contribution is 2.19. The van der Waals surface area contributed by atoms with Crippen LogP contribution in [-0.2, 0) is 16.1 Å². The summed E-state index contributed by atoms with van der Waals surface area (Å²) < 4.78 is 0. The number of carbonyl (C=O) groups is 2. The number of rotatable bonds is 7. The molecule has 0 aromatic heterocycles. The molecule has 27 heavy (non-hydrogen) atoms. The highest BCUT2D eigenvalue weighted by atomic mass is 35.5. The van der Waals surface area contributed by atoms with Gasteiger partial charge in [0.2, 0.25) is 11.8 Å². The van der Waals surface area contributed by atoms with Crippen molar-refractivity contribution in [1.82, 2.24) is 4.90 Å². The minimum atomic E-state index is -0.487. The van der Waals surface area contributed by atoms with E-state index in [9.17, 15) is 9.59 Å². The van der Waals surface area contributed by atoms with Crippen molar-refractivity contribution in [1.29, 1.82) is 0 Å². The molecule has 1 aliphatic heterocycles. The lowest BCUT2D eigenvalue weighted by Gasteiger charge is -2.31. The van der Waals surface area contributed by atoms with Gasteiger partial charge in [-0.1, -0.05) is 26.0 Å². The van der Waals surface area contributed by atoms with Gasteiger partial charge in [-0.25, -0.2) is 0 Å². The summed E-state index contributed by atoms with van der Waals surface area (Å²) in [6.07, 6.45) is 2.54. The second-order valence-corrected chi connectivity index (χ2v) is 7.40. The van der Waals surface area contributed by atoms with Crippen molar-refractivity contribution in [3.05, 3.63) is 29.8 Å². The average molecular weight is 419 g/mol. The highest BCUT2D eigenvalue weighted by molar-refractivity contribution is 5.94. The first-order valence-electron chi connectivity index (χ1n) is 9.02. The van der Waals surface area contributed by atoms with Crippen LogP contribution in [0.5, 0.6) is 0 Å². The van der Waals surface area contributed by atoms with Gasteiger partial charge >= 0.3 is 0 Å². The van der Waals surface area contributed by atoms with Crippen LogP contribution >= 0.6 is 24.8 Å². The monoisotopic (exact) mass is 418 g/mol. The normalized spacial score (nSPS) is 18.1. The summed E-state index contributed by atoms with van der Waals surface area (Å²) in [4.78, 5) is 25.7. The van der Waals surface area contributed by atoms with E-state index in [0.29, 0.717) is 12.3 Å². The third-order valence-electron chi connectivity index (χ3n) is 4.60. The Kier molecular flexibility index (Phi) is 11.6. The molecule has 5 N–H and O–H groups in total. The number of nitrogens with one attached hydrogen (secondary N) is 1. The van der Waals surface area contributed by atoms with Crippen molar-refractivity contribution in [2.75, 3.05) is 18.4 Å². The number of hydrogen-bond donors (Lipinski definition) is 3. The maximum Gasteiger partial charge on any atom is 0.241 e. The van der Waals surface area contributed by atoms with E-state index in [2.05, 4.69) is 10.2 Å². The number of halogens is 2. The third kappa shape index (κ3) is 8.47. The minimum absolute atomic E-state index is 0. The Labute approximate surface area is 174 Å². The molecule has 8 heteroatoms. The lowest BCUT2D eigenvalue weighted by atomic mass is 9.97. The fraction of sp³-hybridized carbons (Fsp3) is 0.579. The average Bonchev–Trinajstić information content (AvgIpc) is 2.56. The fourth-order valence-corrected chi connectivity index (χ4v) is 3.23. The van der Waals surface area contributed by atoms with Gasteiger partial charge in [-0.3, -0.25) is 14.5 Å². The molecule has 1 saturated heterocycles. The number of nitrogens with two attached hydrogens (primary N) is 2. The standard InChI is InChI=1S/C19H30N4O2.2ClH/c1-13(2)10-17(20)19(25)22-16-7-5-14(6-8-16)11-23-9-3-4-15(12-23)18(21)24;;/h5-8,13,15,17H,3-4,9-12,20H2,1-2H3,(H2,21,24)(H,22,25);2*1H/t15?,17-;;/m0../s1. The zero-order chi connectivity index (χ0) is 18.4. The topological polar surface area (TPSA) is 101 Å². The van der Waals surface area contributed by atoms with Crippen molar-refractivity contribution >= 4 is 42.3 Å². The van der Waals surface area contributed by atoms with Gasteiger partial charge in [0.25, 0.3) is 0 Å². The maximum atomic E-state index is 12.1. The lowest BCUT2D eigenvalue weighted by molar-refractivity contribution is -0.123. The molecule has 1 fully saturated rings. The number of piperidine rings is 1. The van der Waals surface area contributed by atoms with Gasteiger partial charge in [0.15, 0.2) is 0 Å². The number of amides is 2.